The van der Waals surface area contributed by atoms with Gasteiger partial charge in [0.05, 0.1) is 22.2 Å². The predicted octanol–water partition coefficient (Wildman–Crippen LogP) is 2.70. The first kappa shape index (κ1) is 13.5. The van der Waals surface area contributed by atoms with Gasteiger partial charge < -0.3 is 5.11 Å². The molecule has 4 nitrogen and oxygen atoms in total. The van der Waals surface area contributed by atoms with Crippen LogP contribution >= 0.6 is 11.3 Å². The van der Waals surface area contributed by atoms with Crippen LogP contribution < -0.4 is 0 Å². The van der Waals surface area contributed by atoms with Gasteiger partial charge in [0.2, 0.25) is 0 Å². The molecule has 2 rings (SSSR count). The van der Waals surface area contributed by atoms with Gasteiger partial charge in [0, 0.05) is 5.38 Å². The highest BCUT2D eigenvalue weighted by Gasteiger charge is 2.38. The SMILES string of the molecule is Cc1nc(C(C)N2CCC(C)(C(=O)O)CC2)cs1. The van der Waals surface area contributed by atoms with Gasteiger partial charge in [0.15, 0.2) is 0 Å². The average Bonchev–Trinajstić information content (AvgIpc) is 2.76. The summed E-state index contributed by atoms with van der Waals surface area (Å²) in [6.07, 6.45) is 1.44. The van der Waals surface area contributed by atoms with Gasteiger partial charge in [-0.3, -0.25) is 9.69 Å². The first-order valence-corrected chi connectivity index (χ1v) is 7.20. The number of carboxylic acids is 1. The molecule has 1 aromatic heterocycles. The summed E-state index contributed by atoms with van der Waals surface area (Å²) in [5.74, 6) is -0.667. The van der Waals surface area contributed by atoms with E-state index in [0.29, 0.717) is 0 Å². The van der Waals surface area contributed by atoms with Gasteiger partial charge in [-0.1, -0.05) is 0 Å². The Morgan fingerprint density at radius 3 is 2.61 bits per heavy atom. The second kappa shape index (κ2) is 4.97. The van der Waals surface area contributed by atoms with Crippen LogP contribution in [-0.2, 0) is 4.79 Å². The van der Waals surface area contributed by atoms with E-state index in [4.69, 9.17) is 0 Å². The number of nitrogens with zero attached hydrogens (tertiary/aromatic N) is 2. The van der Waals surface area contributed by atoms with Crippen LogP contribution in [0.25, 0.3) is 0 Å². The molecular weight excluding hydrogens is 248 g/mol. The molecule has 1 N–H and O–H groups in total. The van der Waals surface area contributed by atoms with Crippen molar-refractivity contribution in [1.82, 2.24) is 9.88 Å². The fraction of sp³-hybridized carbons (Fsp3) is 0.692. The molecule has 18 heavy (non-hydrogen) atoms. The summed E-state index contributed by atoms with van der Waals surface area (Å²) in [7, 11) is 0. The van der Waals surface area contributed by atoms with Crippen molar-refractivity contribution >= 4 is 17.3 Å². The van der Waals surface area contributed by atoms with E-state index in [-0.39, 0.29) is 6.04 Å². The number of likely N-dealkylation sites (tertiary alicyclic amines) is 1. The average molecular weight is 268 g/mol. The Bertz CT molecular complexity index is 436. The normalized spacial score (nSPS) is 21.7. The van der Waals surface area contributed by atoms with Crippen LogP contribution in [0.1, 0.15) is 43.4 Å². The number of thiazole rings is 1. The topological polar surface area (TPSA) is 53.4 Å². The van der Waals surface area contributed by atoms with Crippen molar-refractivity contribution in [3.63, 3.8) is 0 Å². The molecule has 1 aliphatic rings. The summed E-state index contributed by atoms with van der Waals surface area (Å²) in [6, 6.07) is 0.285. The molecule has 2 heterocycles. The van der Waals surface area contributed by atoms with Crippen LogP contribution in [-0.4, -0.2) is 34.0 Å². The number of rotatable bonds is 3. The number of aryl methyl sites for hydroxylation is 1. The molecule has 0 aliphatic carbocycles. The molecule has 0 bridgehead atoms. The zero-order valence-electron chi connectivity index (χ0n) is 11.1. The lowest BCUT2D eigenvalue weighted by molar-refractivity contribution is -0.151. The smallest absolute Gasteiger partial charge is 0.309 e. The molecule has 100 valence electrons. The minimum Gasteiger partial charge on any atom is -0.481 e. The summed E-state index contributed by atoms with van der Waals surface area (Å²) in [4.78, 5) is 18.0. The number of hydrogen-bond acceptors (Lipinski definition) is 4. The zero-order valence-corrected chi connectivity index (χ0v) is 12.0. The number of piperidine rings is 1. The summed E-state index contributed by atoms with van der Waals surface area (Å²) in [5, 5.41) is 12.4. The quantitative estimate of drug-likeness (QED) is 0.915. The Hall–Kier alpha value is -0.940. The number of aliphatic carboxylic acids is 1. The molecule has 0 amide bonds. The lowest BCUT2D eigenvalue weighted by Crippen LogP contribution is -2.43. The van der Waals surface area contributed by atoms with Crippen LogP contribution in [0.15, 0.2) is 5.38 Å². The lowest BCUT2D eigenvalue weighted by Gasteiger charge is -2.39. The third kappa shape index (κ3) is 2.57. The maximum absolute atomic E-state index is 11.2. The first-order valence-electron chi connectivity index (χ1n) is 6.32. The van der Waals surface area contributed by atoms with E-state index in [2.05, 4.69) is 22.2 Å². The van der Waals surface area contributed by atoms with Crippen molar-refractivity contribution in [1.29, 1.82) is 0 Å². The predicted molar refractivity (Wildman–Crippen MR) is 71.8 cm³/mol. The molecule has 1 atom stereocenters. The second-order valence-corrected chi connectivity index (χ2v) is 6.43. The van der Waals surface area contributed by atoms with Crippen LogP contribution in [0.3, 0.4) is 0 Å². The Kier molecular flexibility index (Phi) is 3.73. The molecule has 1 unspecified atom stereocenters. The second-order valence-electron chi connectivity index (χ2n) is 5.37. The zero-order chi connectivity index (χ0) is 13.3. The van der Waals surface area contributed by atoms with E-state index in [1.54, 1.807) is 11.3 Å². The fourth-order valence-corrected chi connectivity index (χ4v) is 3.08. The molecule has 1 saturated heterocycles. The fourth-order valence-electron chi connectivity index (χ4n) is 2.38. The highest BCUT2D eigenvalue weighted by molar-refractivity contribution is 7.09. The van der Waals surface area contributed by atoms with Crippen molar-refractivity contribution in [2.75, 3.05) is 13.1 Å². The van der Waals surface area contributed by atoms with Crippen molar-refractivity contribution in [2.45, 2.75) is 39.7 Å². The van der Waals surface area contributed by atoms with Crippen molar-refractivity contribution in [2.24, 2.45) is 5.41 Å². The standard InChI is InChI=1S/C13H20N2O2S/c1-9(11-8-18-10(2)14-11)15-6-4-13(3,5-7-15)12(16)17/h8-9H,4-7H2,1-3H3,(H,16,17). The van der Waals surface area contributed by atoms with Crippen LogP contribution in [0, 0.1) is 12.3 Å². The van der Waals surface area contributed by atoms with Crippen LogP contribution in [0.4, 0.5) is 0 Å². The van der Waals surface area contributed by atoms with Crippen LogP contribution in [0.5, 0.6) is 0 Å². The van der Waals surface area contributed by atoms with E-state index in [1.807, 2.05) is 13.8 Å². The molecule has 5 heteroatoms. The third-order valence-electron chi connectivity index (χ3n) is 4.03. The van der Waals surface area contributed by atoms with Gasteiger partial charge in [-0.2, -0.15) is 0 Å². The van der Waals surface area contributed by atoms with Gasteiger partial charge in [-0.25, -0.2) is 4.98 Å². The summed E-state index contributed by atoms with van der Waals surface area (Å²) < 4.78 is 0. The summed E-state index contributed by atoms with van der Waals surface area (Å²) in [5.41, 5.74) is 0.560. The minimum absolute atomic E-state index is 0.285. The van der Waals surface area contributed by atoms with E-state index in [9.17, 15) is 9.90 Å². The number of aromatic nitrogens is 1. The van der Waals surface area contributed by atoms with Gasteiger partial charge >= 0.3 is 5.97 Å². The summed E-state index contributed by atoms with van der Waals surface area (Å²) in [6.45, 7) is 7.68. The monoisotopic (exact) mass is 268 g/mol. The first-order chi connectivity index (χ1) is 8.42. The Morgan fingerprint density at radius 1 is 1.56 bits per heavy atom. The number of hydrogen-bond donors (Lipinski definition) is 1. The molecular formula is C13H20N2O2S. The molecule has 0 saturated carbocycles. The maximum atomic E-state index is 11.2. The highest BCUT2D eigenvalue weighted by atomic mass is 32.1. The van der Waals surface area contributed by atoms with E-state index in [1.165, 1.54) is 0 Å². The molecule has 1 aromatic rings. The van der Waals surface area contributed by atoms with Gasteiger partial charge in [0.1, 0.15) is 0 Å². The van der Waals surface area contributed by atoms with Crippen molar-refractivity contribution < 1.29 is 9.90 Å². The maximum Gasteiger partial charge on any atom is 0.309 e. The Labute approximate surface area is 112 Å². The lowest BCUT2D eigenvalue weighted by atomic mass is 9.80. The van der Waals surface area contributed by atoms with E-state index < -0.39 is 11.4 Å². The van der Waals surface area contributed by atoms with E-state index in [0.717, 1.165) is 36.6 Å². The Balaban J connectivity index is 2.00. The number of carbonyl (C=O) groups is 1. The highest BCUT2D eigenvalue weighted by Crippen LogP contribution is 2.34. The molecule has 1 fully saturated rings. The largest absolute Gasteiger partial charge is 0.481 e. The number of carboxylic acid groups (broad SMARTS) is 1. The van der Waals surface area contributed by atoms with Crippen LogP contribution in [0.2, 0.25) is 0 Å². The van der Waals surface area contributed by atoms with Gasteiger partial charge in [0.25, 0.3) is 0 Å². The molecule has 0 spiro atoms. The molecule has 1 aliphatic heterocycles. The van der Waals surface area contributed by atoms with Crippen molar-refractivity contribution in [3.8, 4) is 0 Å². The molecule has 0 radical (unpaired) electrons. The van der Waals surface area contributed by atoms with Gasteiger partial charge in [-0.15, -0.1) is 11.3 Å². The molecule has 0 aromatic carbocycles. The van der Waals surface area contributed by atoms with Gasteiger partial charge in [-0.05, 0) is 46.7 Å². The minimum atomic E-state index is -0.667. The summed E-state index contributed by atoms with van der Waals surface area (Å²) >= 11 is 1.67. The third-order valence-corrected chi connectivity index (χ3v) is 4.82. The van der Waals surface area contributed by atoms with Crippen molar-refractivity contribution in [3.05, 3.63) is 16.1 Å². The Morgan fingerprint density at radius 2 is 2.17 bits per heavy atom. The van der Waals surface area contributed by atoms with E-state index >= 15 is 0 Å².